The third-order valence-electron chi connectivity index (χ3n) is 3.24. The molecule has 0 unspecified atom stereocenters. The SMILES string of the molecule is C=CCN(C)CC1CCN(C[C@@H](C)O)CC1. The van der Waals surface area contributed by atoms with Gasteiger partial charge in [0.15, 0.2) is 0 Å². The minimum absolute atomic E-state index is 0.194. The van der Waals surface area contributed by atoms with Gasteiger partial charge in [0.1, 0.15) is 0 Å². The molecule has 0 aliphatic carbocycles. The average molecular weight is 226 g/mol. The van der Waals surface area contributed by atoms with E-state index in [0.717, 1.165) is 32.1 Å². The summed E-state index contributed by atoms with van der Waals surface area (Å²) in [6, 6.07) is 0. The number of rotatable bonds is 6. The normalized spacial score (nSPS) is 21.2. The van der Waals surface area contributed by atoms with Gasteiger partial charge in [0.2, 0.25) is 0 Å². The molecule has 0 radical (unpaired) electrons. The maximum absolute atomic E-state index is 9.32. The van der Waals surface area contributed by atoms with E-state index in [1.807, 2.05) is 13.0 Å². The fraction of sp³-hybridized carbons (Fsp3) is 0.846. The minimum atomic E-state index is -0.194. The summed E-state index contributed by atoms with van der Waals surface area (Å²) in [7, 11) is 2.16. The van der Waals surface area contributed by atoms with Gasteiger partial charge in [-0.25, -0.2) is 0 Å². The van der Waals surface area contributed by atoms with Crippen LogP contribution in [0.25, 0.3) is 0 Å². The molecule has 1 aliphatic heterocycles. The second kappa shape index (κ2) is 7.05. The zero-order valence-corrected chi connectivity index (χ0v) is 10.7. The van der Waals surface area contributed by atoms with Crippen LogP contribution in [0.1, 0.15) is 19.8 Å². The Balaban J connectivity index is 2.18. The Hall–Kier alpha value is -0.380. The summed E-state index contributed by atoms with van der Waals surface area (Å²) in [6.07, 6.45) is 4.28. The van der Waals surface area contributed by atoms with Gasteiger partial charge < -0.3 is 14.9 Å². The summed E-state index contributed by atoms with van der Waals surface area (Å²) in [4.78, 5) is 4.71. The summed E-state index contributed by atoms with van der Waals surface area (Å²) in [5.41, 5.74) is 0. The number of β-amino-alcohol motifs (C(OH)–C–C–N with tert-alkyl or cyclic N) is 1. The monoisotopic (exact) mass is 226 g/mol. The summed E-state index contributed by atoms with van der Waals surface area (Å²) < 4.78 is 0. The molecular weight excluding hydrogens is 200 g/mol. The lowest BCUT2D eigenvalue weighted by Gasteiger charge is -2.34. The molecule has 16 heavy (non-hydrogen) atoms. The van der Waals surface area contributed by atoms with E-state index >= 15 is 0 Å². The van der Waals surface area contributed by atoms with E-state index < -0.39 is 0 Å². The second-order valence-corrected chi connectivity index (χ2v) is 5.10. The van der Waals surface area contributed by atoms with Gasteiger partial charge in [-0.1, -0.05) is 6.08 Å². The van der Waals surface area contributed by atoms with Crippen LogP contribution in [0, 0.1) is 5.92 Å². The molecule has 3 nitrogen and oxygen atoms in total. The van der Waals surface area contributed by atoms with E-state index in [4.69, 9.17) is 0 Å². The molecule has 1 saturated heterocycles. The molecule has 94 valence electrons. The van der Waals surface area contributed by atoms with Crippen molar-refractivity contribution in [3.8, 4) is 0 Å². The Kier molecular flexibility index (Phi) is 6.03. The molecule has 0 spiro atoms. The molecule has 0 saturated carbocycles. The van der Waals surface area contributed by atoms with Crippen molar-refractivity contribution in [3.63, 3.8) is 0 Å². The van der Waals surface area contributed by atoms with Crippen molar-refractivity contribution in [1.29, 1.82) is 0 Å². The van der Waals surface area contributed by atoms with E-state index in [2.05, 4.69) is 23.4 Å². The zero-order chi connectivity index (χ0) is 12.0. The fourth-order valence-electron chi connectivity index (χ4n) is 2.46. The molecule has 0 amide bonds. The predicted octanol–water partition coefficient (Wildman–Crippen LogP) is 1.20. The Morgan fingerprint density at radius 2 is 2.12 bits per heavy atom. The van der Waals surface area contributed by atoms with Crippen LogP contribution in [0.4, 0.5) is 0 Å². The van der Waals surface area contributed by atoms with Crippen LogP contribution in [0.5, 0.6) is 0 Å². The van der Waals surface area contributed by atoms with E-state index in [-0.39, 0.29) is 6.10 Å². The maximum atomic E-state index is 9.32. The molecule has 0 aromatic carbocycles. The number of piperidine rings is 1. The number of aliphatic hydroxyl groups is 1. The highest BCUT2D eigenvalue weighted by Crippen LogP contribution is 2.18. The first-order chi connectivity index (χ1) is 7.61. The highest BCUT2D eigenvalue weighted by molar-refractivity contribution is 4.78. The van der Waals surface area contributed by atoms with Crippen molar-refractivity contribution in [1.82, 2.24) is 9.80 Å². The van der Waals surface area contributed by atoms with E-state index in [9.17, 15) is 5.11 Å². The Bertz CT molecular complexity index is 198. The number of likely N-dealkylation sites (tertiary alicyclic amines) is 1. The summed E-state index contributed by atoms with van der Waals surface area (Å²) in [6.45, 7) is 10.9. The van der Waals surface area contributed by atoms with Crippen LogP contribution < -0.4 is 0 Å². The molecule has 1 fully saturated rings. The molecule has 1 aliphatic rings. The molecular formula is C13H26N2O. The maximum Gasteiger partial charge on any atom is 0.0639 e. The van der Waals surface area contributed by atoms with Crippen molar-refractivity contribution >= 4 is 0 Å². The van der Waals surface area contributed by atoms with Crippen LogP contribution in [0.15, 0.2) is 12.7 Å². The van der Waals surface area contributed by atoms with Crippen LogP contribution in [0.2, 0.25) is 0 Å². The molecule has 1 N–H and O–H groups in total. The highest BCUT2D eigenvalue weighted by atomic mass is 16.3. The smallest absolute Gasteiger partial charge is 0.0639 e. The van der Waals surface area contributed by atoms with Gasteiger partial charge in [0.05, 0.1) is 6.10 Å². The lowest BCUT2D eigenvalue weighted by atomic mass is 9.96. The fourth-order valence-corrected chi connectivity index (χ4v) is 2.46. The molecule has 1 atom stereocenters. The Labute approximate surface area is 99.7 Å². The molecule has 3 heteroatoms. The van der Waals surface area contributed by atoms with Gasteiger partial charge in [-0.2, -0.15) is 0 Å². The molecule has 0 aromatic rings. The zero-order valence-electron chi connectivity index (χ0n) is 10.7. The van der Waals surface area contributed by atoms with Crippen LogP contribution >= 0.6 is 0 Å². The summed E-state index contributed by atoms with van der Waals surface area (Å²) in [5.74, 6) is 0.815. The van der Waals surface area contributed by atoms with Gasteiger partial charge in [0.25, 0.3) is 0 Å². The number of hydrogen-bond acceptors (Lipinski definition) is 3. The first-order valence-corrected chi connectivity index (χ1v) is 6.31. The first-order valence-electron chi connectivity index (χ1n) is 6.31. The van der Waals surface area contributed by atoms with Crippen LogP contribution in [-0.4, -0.2) is 60.8 Å². The van der Waals surface area contributed by atoms with E-state index in [0.29, 0.717) is 0 Å². The van der Waals surface area contributed by atoms with Gasteiger partial charge in [-0.15, -0.1) is 6.58 Å². The number of aliphatic hydroxyl groups excluding tert-OH is 1. The third-order valence-corrected chi connectivity index (χ3v) is 3.24. The number of nitrogens with zero attached hydrogens (tertiary/aromatic N) is 2. The van der Waals surface area contributed by atoms with Gasteiger partial charge in [0, 0.05) is 19.6 Å². The lowest BCUT2D eigenvalue weighted by Crippen LogP contribution is -2.40. The van der Waals surface area contributed by atoms with Gasteiger partial charge >= 0.3 is 0 Å². The first kappa shape index (κ1) is 13.7. The summed E-state index contributed by atoms with van der Waals surface area (Å²) in [5, 5.41) is 9.32. The van der Waals surface area contributed by atoms with Gasteiger partial charge in [-0.3, -0.25) is 0 Å². The van der Waals surface area contributed by atoms with Crippen molar-refractivity contribution < 1.29 is 5.11 Å². The topological polar surface area (TPSA) is 26.7 Å². The van der Waals surface area contributed by atoms with Crippen LogP contribution in [0.3, 0.4) is 0 Å². The quantitative estimate of drug-likeness (QED) is 0.689. The van der Waals surface area contributed by atoms with Crippen LogP contribution in [-0.2, 0) is 0 Å². The van der Waals surface area contributed by atoms with Gasteiger partial charge in [-0.05, 0) is 45.8 Å². The Morgan fingerprint density at radius 1 is 1.50 bits per heavy atom. The Morgan fingerprint density at radius 3 is 2.62 bits per heavy atom. The van der Waals surface area contributed by atoms with Crippen molar-refractivity contribution in [2.45, 2.75) is 25.9 Å². The van der Waals surface area contributed by atoms with E-state index in [1.54, 1.807) is 0 Å². The standard InChI is InChI=1S/C13H26N2O/c1-4-7-14(3)11-13-5-8-15(9-6-13)10-12(2)16/h4,12-13,16H,1,5-11H2,2-3H3/t12-/m1/s1. The average Bonchev–Trinajstić information content (AvgIpc) is 2.20. The highest BCUT2D eigenvalue weighted by Gasteiger charge is 2.20. The van der Waals surface area contributed by atoms with E-state index in [1.165, 1.54) is 19.4 Å². The minimum Gasteiger partial charge on any atom is -0.392 e. The summed E-state index contributed by atoms with van der Waals surface area (Å²) >= 11 is 0. The predicted molar refractivity (Wildman–Crippen MR) is 68.5 cm³/mol. The lowest BCUT2D eigenvalue weighted by molar-refractivity contribution is 0.0935. The molecule has 1 heterocycles. The van der Waals surface area contributed by atoms with Crippen molar-refractivity contribution in [3.05, 3.63) is 12.7 Å². The number of likely N-dealkylation sites (N-methyl/N-ethyl adjacent to an activating group) is 1. The molecule has 0 aromatic heterocycles. The van der Waals surface area contributed by atoms with Crippen molar-refractivity contribution in [2.24, 2.45) is 5.92 Å². The third kappa shape index (κ3) is 5.10. The van der Waals surface area contributed by atoms with Crippen molar-refractivity contribution in [2.75, 3.05) is 39.8 Å². The molecule has 0 bridgehead atoms. The second-order valence-electron chi connectivity index (χ2n) is 5.10. The largest absolute Gasteiger partial charge is 0.392 e. The molecule has 1 rings (SSSR count). The number of hydrogen-bond donors (Lipinski definition) is 1.